The van der Waals surface area contributed by atoms with Crippen LogP contribution >= 0.6 is 11.6 Å². The lowest BCUT2D eigenvalue weighted by molar-refractivity contribution is -0.137. The van der Waals surface area contributed by atoms with Crippen molar-refractivity contribution in [1.29, 1.82) is 0 Å². The molecular formula is C16H18ClN3O3. The second-order valence-electron chi connectivity index (χ2n) is 5.34. The van der Waals surface area contributed by atoms with Crippen LogP contribution in [0.5, 0.6) is 0 Å². The Labute approximate surface area is 139 Å². The van der Waals surface area contributed by atoms with E-state index in [9.17, 15) is 9.59 Å². The maximum atomic E-state index is 12.3. The smallest absolute Gasteiger partial charge is 0.303 e. The zero-order chi connectivity index (χ0) is 17.0. The number of benzene rings is 1. The molecule has 6 nitrogen and oxygen atoms in total. The highest BCUT2D eigenvalue weighted by Gasteiger charge is 2.17. The normalized spacial score (nSPS) is 12.0. The van der Waals surface area contributed by atoms with Crippen LogP contribution in [0.25, 0.3) is 5.69 Å². The van der Waals surface area contributed by atoms with Gasteiger partial charge in [0.15, 0.2) is 0 Å². The van der Waals surface area contributed by atoms with Crippen molar-refractivity contribution in [3.8, 4) is 5.69 Å². The number of halogens is 1. The van der Waals surface area contributed by atoms with Crippen molar-refractivity contribution in [2.75, 3.05) is 0 Å². The van der Waals surface area contributed by atoms with Gasteiger partial charge in [-0.15, -0.1) is 0 Å². The molecule has 0 radical (unpaired) electrons. The highest BCUT2D eigenvalue weighted by molar-refractivity contribution is 6.30. The third-order valence-corrected chi connectivity index (χ3v) is 3.71. The van der Waals surface area contributed by atoms with Gasteiger partial charge in [0.1, 0.15) is 0 Å². The number of aliphatic carboxylic acids is 1. The second kappa shape index (κ2) is 7.28. The summed E-state index contributed by atoms with van der Waals surface area (Å²) in [6.45, 7) is 3.57. The van der Waals surface area contributed by atoms with E-state index < -0.39 is 5.97 Å². The number of nitrogens with zero attached hydrogens (tertiary/aromatic N) is 2. The van der Waals surface area contributed by atoms with Crippen LogP contribution in [0.4, 0.5) is 0 Å². The SMILES string of the molecule is Cc1c(C(=O)NC(C)CCC(=O)O)cnn1-c1cccc(Cl)c1. The predicted octanol–water partition coefficient (Wildman–Crippen LogP) is 2.82. The van der Waals surface area contributed by atoms with Gasteiger partial charge in [0.2, 0.25) is 0 Å². The molecule has 2 aromatic rings. The lowest BCUT2D eigenvalue weighted by atomic mass is 10.1. The number of nitrogens with one attached hydrogen (secondary N) is 1. The van der Waals surface area contributed by atoms with E-state index in [0.29, 0.717) is 22.7 Å². The summed E-state index contributed by atoms with van der Waals surface area (Å²) in [6.07, 6.45) is 1.89. The molecule has 0 fully saturated rings. The first kappa shape index (κ1) is 17.0. The molecule has 1 aromatic heterocycles. The van der Waals surface area contributed by atoms with Crippen LogP contribution in [-0.4, -0.2) is 32.8 Å². The molecular weight excluding hydrogens is 318 g/mol. The molecule has 0 aliphatic carbocycles. The maximum Gasteiger partial charge on any atom is 0.303 e. The largest absolute Gasteiger partial charge is 0.481 e. The Balaban J connectivity index is 2.12. The van der Waals surface area contributed by atoms with Crippen molar-refractivity contribution in [2.45, 2.75) is 32.7 Å². The predicted molar refractivity (Wildman–Crippen MR) is 87.1 cm³/mol. The zero-order valence-electron chi connectivity index (χ0n) is 12.9. The van der Waals surface area contributed by atoms with Crippen molar-refractivity contribution < 1.29 is 14.7 Å². The first-order chi connectivity index (χ1) is 10.9. The molecule has 122 valence electrons. The van der Waals surface area contributed by atoms with Crippen LogP contribution in [0.1, 0.15) is 35.8 Å². The summed E-state index contributed by atoms with van der Waals surface area (Å²) in [5.74, 6) is -1.15. The van der Waals surface area contributed by atoms with E-state index in [4.69, 9.17) is 16.7 Å². The van der Waals surface area contributed by atoms with Gasteiger partial charge in [-0.25, -0.2) is 4.68 Å². The van der Waals surface area contributed by atoms with Crippen LogP contribution in [0, 0.1) is 6.92 Å². The molecule has 1 heterocycles. The summed E-state index contributed by atoms with van der Waals surface area (Å²) in [4.78, 5) is 22.9. The minimum atomic E-state index is -0.879. The average Bonchev–Trinajstić information content (AvgIpc) is 2.87. The van der Waals surface area contributed by atoms with Crippen molar-refractivity contribution in [2.24, 2.45) is 0 Å². The molecule has 2 N–H and O–H groups in total. The number of carbonyl (C=O) groups excluding carboxylic acids is 1. The summed E-state index contributed by atoms with van der Waals surface area (Å²) in [5, 5.41) is 16.3. The molecule has 1 amide bonds. The van der Waals surface area contributed by atoms with E-state index in [2.05, 4.69) is 10.4 Å². The number of hydrogen-bond donors (Lipinski definition) is 2. The van der Waals surface area contributed by atoms with Crippen LogP contribution in [0.2, 0.25) is 5.02 Å². The summed E-state index contributed by atoms with van der Waals surface area (Å²) >= 11 is 5.98. The van der Waals surface area contributed by atoms with Crippen LogP contribution < -0.4 is 5.32 Å². The first-order valence-corrected chi connectivity index (χ1v) is 7.59. The number of carboxylic acids is 1. The Morgan fingerprint density at radius 2 is 2.17 bits per heavy atom. The third kappa shape index (κ3) is 4.32. The van der Waals surface area contributed by atoms with Crippen molar-refractivity contribution >= 4 is 23.5 Å². The number of carboxylic acid groups (broad SMARTS) is 1. The summed E-state index contributed by atoms with van der Waals surface area (Å²) < 4.78 is 1.64. The summed E-state index contributed by atoms with van der Waals surface area (Å²) in [6, 6.07) is 6.96. The molecule has 0 saturated carbocycles. The molecule has 1 unspecified atom stereocenters. The van der Waals surface area contributed by atoms with E-state index in [1.165, 1.54) is 6.20 Å². The molecule has 1 aromatic carbocycles. The molecule has 0 aliphatic heterocycles. The number of rotatable bonds is 6. The Hall–Kier alpha value is -2.34. The van der Waals surface area contributed by atoms with Gasteiger partial charge in [0.25, 0.3) is 5.91 Å². The van der Waals surface area contributed by atoms with E-state index in [1.807, 2.05) is 12.1 Å². The standard InChI is InChI=1S/C16H18ClN3O3/c1-10(6-7-15(21)22)19-16(23)14-9-18-20(11(14)2)13-5-3-4-12(17)8-13/h3-5,8-10H,6-7H2,1-2H3,(H,19,23)(H,21,22). The van der Waals surface area contributed by atoms with Crippen LogP contribution in [0.15, 0.2) is 30.5 Å². The van der Waals surface area contributed by atoms with Crippen molar-refractivity contribution in [3.63, 3.8) is 0 Å². The number of carbonyl (C=O) groups is 2. The fourth-order valence-corrected chi connectivity index (χ4v) is 2.40. The molecule has 2 rings (SSSR count). The lowest BCUT2D eigenvalue weighted by Crippen LogP contribution is -2.33. The van der Waals surface area contributed by atoms with Crippen LogP contribution in [0.3, 0.4) is 0 Å². The maximum absolute atomic E-state index is 12.3. The van der Waals surface area contributed by atoms with Crippen LogP contribution in [-0.2, 0) is 4.79 Å². The Morgan fingerprint density at radius 1 is 1.43 bits per heavy atom. The Kier molecular flexibility index (Phi) is 5.39. The molecule has 23 heavy (non-hydrogen) atoms. The molecule has 0 aliphatic rings. The molecule has 7 heteroatoms. The van der Waals surface area contributed by atoms with Gasteiger partial charge < -0.3 is 10.4 Å². The fraction of sp³-hybridized carbons (Fsp3) is 0.312. The minimum Gasteiger partial charge on any atom is -0.481 e. The van der Waals surface area contributed by atoms with Gasteiger partial charge in [0.05, 0.1) is 23.1 Å². The topological polar surface area (TPSA) is 84.2 Å². The monoisotopic (exact) mass is 335 g/mol. The molecule has 0 saturated heterocycles. The van der Waals surface area contributed by atoms with Gasteiger partial charge in [-0.3, -0.25) is 9.59 Å². The molecule has 0 spiro atoms. The summed E-state index contributed by atoms with van der Waals surface area (Å²) in [5.41, 5.74) is 1.91. The average molecular weight is 336 g/mol. The van der Waals surface area contributed by atoms with Gasteiger partial charge in [-0.2, -0.15) is 5.10 Å². The van der Waals surface area contributed by atoms with Gasteiger partial charge in [-0.05, 0) is 38.5 Å². The van der Waals surface area contributed by atoms with Crippen molar-refractivity contribution in [1.82, 2.24) is 15.1 Å². The minimum absolute atomic E-state index is 0.0161. The fourth-order valence-electron chi connectivity index (χ4n) is 2.21. The third-order valence-electron chi connectivity index (χ3n) is 3.48. The van der Waals surface area contributed by atoms with E-state index in [-0.39, 0.29) is 18.4 Å². The summed E-state index contributed by atoms with van der Waals surface area (Å²) in [7, 11) is 0. The second-order valence-corrected chi connectivity index (χ2v) is 5.78. The Bertz CT molecular complexity index is 727. The van der Waals surface area contributed by atoms with E-state index >= 15 is 0 Å². The number of aromatic nitrogens is 2. The molecule has 0 bridgehead atoms. The Morgan fingerprint density at radius 3 is 2.83 bits per heavy atom. The highest BCUT2D eigenvalue weighted by Crippen LogP contribution is 2.18. The van der Waals surface area contributed by atoms with Gasteiger partial charge in [0, 0.05) is 17.5 Å². The van der Waals surface area contributed by atoms with E-state index in [0.717, 1.165) is 5.69 Å². The number of hydrogen-bond acceptors (Lipinski definition) is 3. The van der Waals surface area contributed by atoms with E-state index in [1.54, 1.807) is 30.7 Å². The zero-order valence-corrected chi connectivity index (χ0v) is 13.7. The quantitative estimate of drug-likeness (QED) is 0.850. The van der Waals surface area contributed by atoms with Crippen molar-refractivity contribution in [3.05, 3.63) is 46.7 Å². The van der Waals surface area contributed by atoms with Gasteiger partial charge in [-0.1, -0.05) is 17.7 Å². The van der Waals surface area contributed by atoms with Gasteiger partial charge >= 0.3 is 5.97 Å². The molecule has 1 atom stereocenters. The highest BCUT2D eigenvalue weighted by atomic mass is 35.5. The first-order valence-electron chi connectivity index (χ1n) is 7.21. The number of amides is 1. The lowest BCUT2D eigenvalue weighted by Gasteiger charge is -2.12.